The molecular weight excluding hydrogens is 446 g/mol. The van der Waals surface area contributed by atoms with Crippen LogP contribution >= 0.6 is 0 Å². The van der Waals surface area contributed by atoms with E-state index in [1.54, 1.807) is 39.3 Å². The Morgan fingerprint density at radius 2 is 1.63 bits per heavy atom. The third-order valence-electron chi connectivity index (χ3n) is 6.84. The Kier molecular flexibility index (Phi) is 7.58. The lowest BCUT2D eigenvalue weighted by Crippen LogP contribution is -2.41. The second-order valence-electron chi connectivity index (χ2n) is 9.02. The third-order valence-corrected chi connectivity index (χ3v) is 6.84. The zero-order valence-corrected chi connectivity index (χ0v) is 20.8. The molecule has 0 spiro atoms. The predicted molar refractivity (Wildman–Crippen MR) is 133 cm³/mol. The maximum absolute atomic E-state index is 13.5. The summed E-state index contributed by atoms with van der Waals surface area (Å²) in [4.78, 5) is 27.8. The SMILES string of the molecule is COc1ccc([C@@H]2CC(c3ccc(OC)cc3OC)=NN2C(=O)CN(C)C(=O)C2CCCC2)cc1. The lowest BCUT2D eigenvalue weighted by molar-refractivity contribution is -0.142. The van der Waals surface area contributed by atoms with Crippen molar-refractivity contribution in [1.29, 1.82) is 0 Å². The lowest BCUT2D eigenvalue weighted by Gasteiger charge is -2.26. The normalized spacial score (nSPS) is 17.8. The maximum Gasteiger partial charge on any atom is 0.262 e. The molecule has 0 N–H and O–H groups in total. The van der Waals surface area contributed by atoms with Gasteiger partial charge in [0.2, 0.25) is 5.91 Å². The van der Waals surface area contributed by atoms with Crippen molar-refractivity contribution >= 4 is 17.5 Å². The van der Waals surface area contributed by atoms with Crippen LogP contribution in [0.5, 0.6) is 17.2 Å². The molecule has 186 valence electrons. The minimum atomic E-state index is -0.301. The van der Waals surface area contributed by atoms with E-state index >= 15 is 0 Å². The van der Waals surface area contributed by atoms with Crippen LogP contribution in [0.25, 0.3) is 0 Å². The first kappa shape index (κ1) is 24.6. The molecule has 1 aliphatic heterocycles. The van der Waals surface area contributed by atoms with Crippen molar-refractivity contribution in [3.8, 4) is 17.2 Å². The fourth-order valence-corrected chi connectivity index (χ4v) is 4.86. The largest absolute Gasteiger partial charge is 0.497 e. The van der Waals surface area contributed by atoms with Crippen LogP contribution in [0.2, 0.25) is 0 Å². The summed E-state index contributed by atoms with van der Waals surface area (Å²) < 4.78 is 16.2. The van der Waals surface area contributed by atoms with Crippen molar-refractivity contribution < 1.29 is 23.8 Å². The van der Waals surface area contributed by atoms with Gasteiger partial charge in [-0.2, -0.15) is 5.10 Å². The van der Waals surface area contributed by atoms with Gasteiger partial charge >= 0.3 is 0 Å². The smallest absolute Gasteiger partial charge is 0.262 e. The summed E-state index contributed by atoms with van der Waals surface area (Å²) >= 11 is 0. The van der Waals surface area contributed by atoms with Gasteiger partial charge in [0.05, 0.1) is 33.1 Å². The van der Waals surface area contributed by atoms with E-state index in [2.05, 4.69) is 0 Å². The van der Waals surface area contributed by atoms with E-state index in [9.17, 15) is 9.59 Å². The summed E-state index contributed by atoms with van der Waals surface area (Å²) in [6.07, 6.45) is 4.45. The topological polar surface area (TPSA) is 80.7 Å². The van der Waals surface area contributed by atoms with Gasteiger partial charge < -0.3 is 19.1 Å². The molecule has 2 aromatic carbocycles. The van der Waals surface area contributed by atoms with Gasteiger partial charge in [0.25, 0.3) is 5.91 Å². The van der Waals surface area contributed by atoms with Crippen LogP contribution < -0.4 is 14.2 Å². The van der Waals surface area contributed by atoms with Crippen LogP contribution in [-0.4, -0.2) is 62.4 Å². The van der Waals surface area contributed by atoms with Crippen LogP contribution in [0, 0.1) is 5.92 Å². The molecule has 8 nitrogen and oxygen atoms in total. The third kappa shape index (κ3) is 5.26. The molecule has 1 fully saturated rings. The van der Waals surface area contributed by atoms with Gasteiger partial charge in [-0.05, 0) is 42.7 Å². The number of benzene rings is 2. The number of hydrogen-bond donors (Lipinski definition) is 0. The fourth-order valence-electron chi connectivity index (χ4n) is 4.86. The Balaban J connectivity index is 1.62. The van der Waals surface area contributed by atoms with Crippen molar-refractivity contribution in [3.05, 3.63) is 53.6 Å². The summed E-state index contributed by atoms with van der Waals surface area (Å²) in [6, 6.07) is 12.9. The number of methoxy groups -OCH3 is 3. The summed E-state index contributed by atoms with van der Waals surface area (Å²) in [5.41, 5.74) is 2.48. The van der Waals surface area contributed by atoms with Crippen LogP contribution in [0.1, 0.15) is 49.3 Å². The first-order valence-corrected chi connectivity index (χ1v) is 12.0. The lowest BCUT2D eigenvalue weighted by atomic mass is 9.97. The molecule has 1 atom stereocenters. The van der Waals surface area contributed by atoms with Gasteiger partial charge in [0.15, 0.2) is 0 Å². The zero-order valence-electron chi connectivity index (χ0n) is 20.8. The molecule has 4 rings (SSSR count). The number of nitrogens with zero attached hydrogens (tertiary/aromatic N) is 3. The van der Waals surface area contributed by atoms with Gasteiger partial charge in [-0.1, -0.05) is 25.0 Å². The quantitative estimate of drug-likeness (QED) is 0.571. The highest BCUT2D eigenvalue weighted by atomic mass is 16.5. The predicted octanol–water partition coefficient (Wildman–Crippen LogP) is 4.04. The van der Waals surface area contributed by atoms with Crippen molar-refractivity contribution in [2.45, 2.75) is 38.1 Å². The van der Waals surface area contributed by atoms with E-state index in [-0.39, 0.29) is 30.3 Å². The molecule has 2 aromatic rings. The van der Waals surface area contributed by atoms with Gasteiger partial charge in [-0.25, -0.2) is 5.01 Å². The molecule has 35 heavy (non-hydrogen) atoms. The summed E-state index contributed by atoms with van der Waals surface area (Å²) in [7, 11) is 6.52. The van der Waals surface area contributed by atoms with Crippen molar-refractivity contribution in [1.82, 2.24) is 9.91 Å². The minimum Gasteiger partial charge on any atom is -0.497 e. The van der Waals surface area contributed by atoms with Gasteiger partial charge in [0, 0.05) is 31.0 Å². The Labute approximate surface area is 206 Å². The van der Waals surface area contributed by atoms with Crippen LogP contribution in [0.15, 0.2) is 47.6 Å². The number of rotatable bonds is 8. The second kappa shape index (κ2) is 10.8. The molecule has 0 radical (unpaired) electrons. The van der Waals surface area contributed by atoms with Crippen molar-refractivity contribution in [2.24, 2.45) is 11.0 Å². The number of ether oxygens (including phenoxy) is 3. The standard InChI is InChI=1S/C27H33N3O5/c1-29(27(32)19-7-5-6-8-19)17-26(31)30-24(18-9-11-20(33-2)12-10-18)16-23(28-30)22-14-13-21(34-3)15-25(22)35-4/h9-15,19,24H,5-8,16-17H2,1-4H3/t24-/m0/s1. The highest BCUT2D eigenvalue weighted by Gasteiger charge is 2.35. The van der Waals surface area contributed by atoms with Crippen molar-refractivity contribution in [3.63, 3.8) is 0 Å². The molecule has 2 aliphatic rings. The van der Waals surface area contributed by atoms with E-state index < -0.39 is 0 Å². The van der Waals surface area contributed by atoms with Crippen LogP contribution in [0.3, 0.4) is 0 Å². The molecule has 1 heterocycles. The number of hydrazone groups is 1. The number of likely N-dealkylation sites (N-methyl/N-ethyl adjacent to an activating group) is 1. The summed E-state index contributed by atoms with van der Waals surface area (Å²) in [5, 5.41) is 6.26. The first-order valence-electron chi connectivity index (χ1n) is 12.0. The van der Waals surface area contributed by atoms with Crippen molar-refractivity contribution in [2.75, 3.05) is 34.9 Å². The van der Waals surface area contributed by atoms with Gasteiger partial charge in [-0.15, -0.1) is 0 Å². The highest BCUT2D eigenvalue weighted by molar-refractivity contribution is 6.05. The Hall–Kier alpha value is -3.55. The molecule has 0 unspecified atom stereocenters. The molecule has 0 saturated heterocycles. The summed E-state index contributed by atoms with van der Waals surface area (Å²) in [5.74, 6) is 1.88. The Morgan fingerprint density at radius 1 is 0.971 bits per heavy atom. The van der Waals surface area contributed by atoms with Crippen LogP contribution in [-0.2, 0) is 9.59 Å². The zero-order chi connectivity index (χ0) is 24.9. The van der Waals surface area contributed by atoms with E-state index in [1.807, 2.05) is 36.4 Å². The maximum atomic E-state index is 13.5. The van der Waals surface area contributed by atoms with Gasteiger partial charge in [-0.3, -0.25) is 9.59 Å². The molecule has 2 amide bonds. The Morgan fingerprint density at radius 3 is 2.26 bits per heavy atom. The summed E-state index contributed by atoms with van der Waals surface area (Å²) in [6.45, 7) is -0.0154. The van der Waals surface area contributed by atoms with E-state index in [0.29, 0.717) is 17.9 Å². The highest BCUT2D eigenvalue weighted by Crippen LogP contribution is 2.37. The molecule has 8 heteroatoms. The average molecular weight is 480 g/mol. The Bertz CT molecular complexity index is 1090. The second-order valence-corrected chi connectivity index (χ2v) is 9.02. The first-order chi connectivity index (χ1) is 16.9. The van der Waals surface area contributed by atoms with Gasteiger partial charge in [0.1, 0.15) is 23.8 Å². The molecule has 1 aliphatic carbocycles. The number of amides is 2. The number of carbonyl (C=O) groups is 2. The number of hydrogen-bond acceptors (Lipinski definition) is 6. The molecule has 0 aromatic heterocycles. The van der Waals surface area contributed by atoms with E-state index in [1.165, 1.54) is 5.01 Å². The average Bonchev–Trinajstić information content (AvgIpc) is 3.58. The van der Waals surface area contributed by atoms with E-state index in [4.69, 9.17) is 19.3 Å². The fraction of sp³-hybridized carbons (Fsp3) is 0.444. The van der Waals surface area contributed by atoms with E-state index in [0.717, 1.165) is 48.3 Å². The minimum absolute atomic E-state index is 0.0154. The monoisotopic (exact) mass is 479 g/mol. The van der Waals surface area contributed by atoms with Crippen LogP contribution in [0.4, 0.5) is 0 Å². The molecule has 0 bridgehead atoms. The number of carbonyl (C=O) groups excluding carboxylic acids is 2. The molecular formula is C27H33N3O5. The molecule has 1 saturated carbocycles.